The van der Waals surface area contributed by atoms with Crippen LogP contribution < -0.4 is 15.5 Å². The van der Waals surface area contributed by atoms with E-state index in [1.807, 2.05) is 0 Å². The predicted molar refractivity (Wildman–Crippen MR) is 86.7 cm³/mol. The number of hydrogen-bond acceptors (Lipinski definition) is 3. The van der Waals surface area contributed by atoms with Gasteiger partial charge in [0.25, 0.3) is 0 Å². The van der Waals surface area contributed by atoms with Gasteiger partial charge in [0.2, 0.25) is 0 Å². The Labute approximate surface area is 122 Å². The minimum absolute atomic E-state index is 0.828. The van der Waals surface area contributed by atoms with Crippen LogP contribution >= 0.6 is 0 Å². The highest BCUT2D eigenvalue weighted by molar-refractivity contribution is 5.60. The van der Waals surface area contributed by atoms with E-state index in [1.165, 1.54) is 68.8 Å². The first-order chi connectivity index (χ1) is 9.83. The van der Waals surface area contributed by atoms with Gasteiger partial charge in [-0.3, -0.25) is 0 Å². The zero-order valence-corrected chi connectivity index (χ0v) is 12.6. The lowest BCUT2D eigenvalue weighted by Gasteiger charge is -2.24. The quantitative estimate of drug-likeness (QED) is 0.883. The fraction of sp³-hybridized carbons (Fsp3) is 0.647. The second kappa shape index (κ2) is 6.49. The van der Waals surface area contributed by atoms with Crippen LogP contribution in [0.4, 0.5) is 11.4 Å². The molecule has 1 aromatic rings. The molecule has 2 aliphatic heterocycles. The summed E-state index contributed by atoms with van der Waals surface area (Å²) in [5.41, 5.74) is 4.09. The molecule has 0 aromatic heterocycles. The minimum atomic E-state index is 0.828. The first kappa shape index (κ1) is 13.7. The average Bonchev–Trinajstić information content (AvgIpc) is 3.01. The van der Waals surface area contributed by atoms with Crippen LogP contribution in [-0.4, -0.2) is 32.7 Å². The summed E-state index contributed by atoms with van der Waals surface area (Å²) in [6.07, 6.45) is 5.29. The van der Waals surface area contributed by atoms with Crippen molar-refractivity contribution >= 4 is 11.4 Å². The molecule has 2 aliphatic rings. The molecular formula is C17H27N3. The Hall–Kier alpha value is -1.22. The topological polar surface area (TPSA) is 27.3 Å². The van der Waals surface area contributed by atoms with Crippen LogP contribution in [-0.2, 0) is 0 Å². The Morgan fingerprint density at radius 2 is 1.95 bits per heavy atom. The van der Waals surface area contributed by atoms with Gasteiger partial charge in [-0.2, -0.15) is 0 Å². The molecule has 2 N–H and O–H groups in total. The highest BCUT2D eigenvalue weighted by Gasteiger charge is 2.15. The molecule has 2 heterocycles. The number of hydrogen-bond donors (Lipinski definition) is 2. The Kier molecular flexibility index (Phi) is 4.46. The Morgan fingerprint density at radius 3 is 2.65 bits per heavy atom. The van der Waals surface area contributed by atoms with Gasteiger partial charge in [-0.15, -0.1) is 0 Å². The van der Waals surface area contributed by atoms with E-state index in [4.69, 9.17) is 0 Å². The maximum atomic E-state index is 3.65. The van der Waals surface area contributed by atoms with Crippen molar-refractivity contribution in [3.63, 3.8) is 0 Å². The van der Waals surface area contributed by atoms with Crippen molar-refractivity contribution in [3.8, 4) is 0 Å². The van der Waals surface area contributed by atoms with E-state index in [-0.39, 0.29) is 0 Å². The summed E-state index contributed by atoms with van der Waals surface area (Å²) in [6, 6.07) is 6.89. The van der Waals surface area contributed by atoms with E-state index in [9.17, 15) is 0 Å². The van der Waals surface area contributed by atoms with Crippen molar-refractivity contribution in [2.24, 2.45) is 5.92 Å². The van der Waals surface area contributed by atoms with Gasteiger partial charge in [0.1, 0.15) is 0 Å². The van der Waals surface area contributed by atoms with Crippen molar-refractivity contribution in [3.05, 3.63) is 23.8 Å². The standard InChI is InChI=1S/C17H27N3/c1-14-12-16(20-10-2-3-11-20)4-5-17(14)19-13-15-6-8-18-9-7-15/h4-5,12,15,18-19H,2-3,6-11,13H2,1H3. The third-order valence-corrected chi connectivity index (χ3v) is 4.72. The van der Waals surface area contributed by atoms with Crippen LogP contribution in [0.15, 0.2) is 18.2 Å². The van der Waals surface area contributed by atoms with Gasteiger partial charge in [-0.1, -0.05) is 0 Å². The van der Waals surface area contributed by atoms with Gasteiger partial charge in [-0.25, -0.2) is 0 Å². The van der Waals surface area contributed by atoms with Crippen LogP contribution in [0.5, 0.6) is 0 Å². The summed E-state index contributed by atoms with van der Waals surface area (Å²) < 4.78 is 0. The maximum absolute atomic E-state index is 3.65. The molecule has 0 unspecified atom stereocenters. The summed E-state index contributed by atoms with van der Waals surface area (Å²) in [7, 11) is 0. The van der Waals surface area contributed by atoms with Gasteiger partial charge in [-0.05, 0) is 75.4 Å². The van der Waals surface area contributed by atoms with Crippen LogP contribution in [0.1, 0.15) is 31.2 Å². The van der Waals surface area contributed by atoms with Crippen molar-refractivity contribution in [1.82, 2.24) is 5.32 Å². The predicted octanol–water partition coefficient (Wildman–Crippen LogP) is 3.01. The average molecular weight is 273 g/mol. The lowest BCUT2D eigenvalue weighted by Crippen LogP contribution is -2.31. The number of nitrogens with zero attached hydrogens (tertiary/aromatic N) is 1. The third kappa shape index (κ3) is 3.26. The van der Waals surface area contributed by atoms with Gasteiger partial charge in [0.15, 0.2) is 0 Å². The Morgan fingerprint density at radius 1 is 1.20 bits per heavy atom. The summed E-state index contributed by atoms with van der Waals surface area (Å²) in [6.45, 7) is 8.15. The minimum Gasteiger partial charge on any atom is -0.385 e. The molecule has 0 amide bonds. The molecule has 0 spiro atoms. The van der Waals surface area contributed by atoms with Gasteiger partial charge < -0.3 is 15.5 Å². The molecule has 1 aromatic carbocycles. The van der Waals surface area contributed by atoms with E-state index >= 15 is 0 Å². The molecule has 3 nitrogen and oxygen atoms in total. The molecule has 0 saturated carbocycles. The van der Waals surface area contributed by atoms with Crippen molar-refractivity contribution in [2.45, 2.75) is 32.6 Å². The van der Waals surface area contributed by atoms with E-state index < -0.39 is 0 Å². The smallest absolute Gasteiger partial charge is 0.0371 e. The van der Waals surface area contributed by atoms with Crippen molar-refractivity contribution in [2.75, 3.05) is 42.9 Å². The van der Waals surface area contributed by atoms with Crippen LogP contribution in [0.3, 0.4) is 0 Å². The first-order valence-electron chi connectivity index (χ1n) is 8.13. The van der Waals surface area contributed by atoms with Gasteiger partial charge >= 0.3 is 0 Å². The number of benzene rings is 1. The second-order valence-electron chi connectivity index (χ2n) is 6.27. The first-order valence-corrected chi connectivity index (χ1v) is 8.13. The van der Waals surface area contributed by atoms with E-state index in [0.29, 0.717) is 0 Å². The SMILES string of the molecule is Cc1cc(N2CCCC2)ccc1NCC1CCNCC1. The van der Waals surface area contributed by atoms with Crippen LogP contribution in [0, 0.1) is 12.8 Å². The fourth-order valence-electron chi connectivity index (χ4n) is 3.36. The molecule has 2 fully saturated rings. The number of piperidine rings is 1. The lowest BCUT2D eigenvalue weighted by molar-refractivity contribution is 0.390. The van der Waals surface area contributed by atoms with Crippen molar-refractivity contribution < 1.29 is 0 Å². The molecule has 0 bridgehead atoms. The number of aryl methyl sites for hydroxylation is 1. The summed E-state index contributed by atoms with van der Waals surface area (Å²) in [5, 5.41) is 7.08. The fourth-order valence-corrected chi connectivity index (χ4v) is 3.36. The lowest BCUT2D eigenvalue weighted by atomic mass is 9.98. The zero-order valence-electron chi connectivity index (χ0n) is 12.6. The molecule has 3 heteroatoms. The molecule has 0 atom stereocenters. The maximum Gasteiger partial charge on any atom is 0.0371 e. The van der Waals surface area contributed by atoms with Gasteiger partial charge in [0.05, 0.1) is 0 Å². The Balaban J connectivity index is 1.58. The molecule has 0 radical (unpaired) electrons. The monoisotopic (exact) mass is 273 g/mol. The van der Waals surface area contributed by atoms with E-state index in [1.54, 1.807) is 0 Å². The summed E-state index contributed by atoms with van der Waals surface area (Å²) >= 11 is 0. The van der Waals surface area contributed by atoms with Crippen LogP contribution in [0.2, 0.25) is 0 Å². The van der Waals surface area contributed by atoms with Crippen LogP contribution in [0.25, 0.3) is 0 Å². The molecule has 3 rings (SSSR count). The molecule has 2 saturated heterocycles. The molecular weight excluding hydrogens is 246 g/mol. The highest BCUT2D eigenvalue weighted by Crippen LogP contribution is 2.26. The second-order valence-corrected chi connectivity index (χ2v) is 6.27. The largest absolute Gasteiger partial charge is 0.385 e. The van der Waals surface area contributed by atoms with Crippen molar-refractivity contribution in [1.29, 1.82) is 0 Å². The number of nitrogens with one attached hydrogen (secondary N) is 2. The normalized spacial score (nSPS) is 20.4. The third-order valence-electron chi connectivity index (χ3n) is 4.72. The summed E-state index contributed by atoms with van der Waals surface area (Å²) in [4.78, 5) is 2.50. The van der Waals surface area contributed by atoms with E-state index in [2.05, 4.69) is 40.7 Å². The highest BCUT2D eigenvalue weighted by atomic mass is 15.1. The van der Waals surface area contributed by atoms with E-state index in [0.717, 1.165) is 12.5 Å². The molecule has 110 valence electrons. The van der Waals surface area contributed by atoms with Gasteiger partial charge in [0, 0.05) is 31.0 Å². The molecule has 20 heavy (non-hydrogen) atoms. The Bertz CT molecular complexity index is 432. The number of rotatable bonds is 4. The molecule has 0 aliphatic carbocycles. The number of anilines is 2. The summed E-state index contributed by atoms with van der Waals surface area (Å²) in [5.74, 6) is 0.828. The zero-order chi connectivity index (χ0) is 13.8.